The summed E-state index contributed by atoms with van der Waals surface area (Å²) in [6, 6.07) is 17.9. The monoisotopic (exact) mass is 283 g/mol. The molecule has 0 spiro atoms. The van der Waals surface area contributed by atoms with Crippen molar-refractivity contribution in [3.8, 4) is 11.3 Å². The van der Waals surface area contributed by atoms with Crippen LogP contribution in [0.1, 0.15) is 0 Å². The van der Waals surface area contributed by atoms with Gasteiger partial charge in [-0.2, -0.15) is 5.10 Å². The first-order chi connectivity index (χ1) is 9.72. The molecule has 0 bridgehead atoms. The summed E-state index contributed by atoms with van der Waals surface area (Å²) in [6.45, 7) is 0. The summed E-state index contributed by atoms with van der Waals surface area (Å²) in [5.74, 6) is 0. The van der Waals surface area contributed by atoms with Crippen LogP contribution in [0.5, 0.6) is 0 Å². The third-order valence-corrected chi connectivity index (χ3v) is 3.36. The van der Waals surface area contributed by atoms with Crippen LogP contribution in [0.25, 0.3) is 11.3 Å². The minimum atomic E-state index is 0.735. The van der Waals surface area contributed by atoms with Crippen molar-refractivity contribution in [2.75, 3.05) is 5.32 Å². The highest BCUT2D eigenvalue weighted by molar-refractivity contribution is 6.30. The Hall–Kier alpha value is -2.26. The van der Waals surface area contributed by atoms with Crippen LogP contribution in [-0.4, -0.2) is 9.78 Å². The van der Waals surface area contributed by atoms with Crippen molar-refractivity contribution in [2.24, 2.45) is 7.05 Å². The second-order valence-electron chi connectivity index (χ2n) is 4.55. The van der Waals surface area contributed by atoms with Gasteiger partial charge in [0.15, 0.2) is 0 Å². The quantitative estimate of drug-likeness (QED) is 0.768. The molecule has 0 aliphatic heterocycles. The molecule has 0 unspecified atom stereocenters. The van der Waals surface area contributed by atoms with E-state index in [-0.39, 0.29) is 0 Å². The average molecular weight is 284 g/mol. The van der Waals surface area contributed by atoms with Crippen LogP contribution in [-0.2, 0) is 7.05 Å². The molecular formula is C16H14ClN3. The lowest BCUT2D eigenvalue weighted by Crippen LogP contribution is -1.94. The van der Waals surface area contributed by atoms with Crippen molar-refractivity contribution in [2.45, 2.75) is 0 Å². The first kappa shape index (κ1) is 12.8. The largest absolute Gasteiger partial charge is 0.356 e. The highest BCUT2D eigenvalue weighted by Gasteiger charge is 2.03. The fourth-order valence-electron chi connectivity index (χ4n) is 2.11. The summed E-state index contributed by atoms with van der Waals surface area (Å²) < 4.78 is 1.86. The van der Waals surface area contributed by atoms with Gasteiger partial charge in [0, 0.05) is 35.2 Å². The van der Waals surface area contributed by atoms with Gasteiger partial charge in [0.25, 0.3) is 0 Å². The van der Waals surface area contributed by atoms with Gasteiger partial charge in [0.05, 0.1) is 5.69 Å². The van der Waals surface area contributed by atoms with Crippen LogP contribution in [0.2, 0.25) is 5.02 Å². The van der Waals surface area contributed by atoms with E-state index in [0.29, 0.717) is 0 Å². The number of nitrogens with one attached hydrogen (secondary N) is 1. The van der Waals surface area contributed by atoms with E-state index in [1.165, 1.54) is 0 Å². The van der Waals surface area contributed by atoms with E-state index >= 15 is 0 Å². The molecule has 1 N–H and O–H groups in total. The van der Waals surface area contributed by atoms with E-state index in [0.717, 1.165) is 27.7 Å². The van der Waals surface area contributed by atoms with Crippen molar-refractivity contribution >= 4 is 23.0 Å². The Balaban J connectivity index is 1.88. The lowest BCUT2D eigenvalue weighted by molar-refractivity contribution is 0.776. The number of anilines is 2. The Morgan fingerprint density at radius 2 is 1.80 bits per heavy atom. The second kappa shape index (κ2) is 5.39. The van der Waals surface area contributed by atoms with Gasteiger partial charge in [-0.3, -0.25) is 4.68 Å². The molecule has 1 aromatic heterocycles. The molecule has 0 aliphatic carbocycles. The predicted molar refractivity (Wildman–Crippen MR) is 83.4 cm³/mol. The zero-order chi connectivity index (χ0) is 13.9. The van der Waals surface area contributed by atoms with Crippen LogP contribution >= 0.6 is 11.6 Å². The SMILES string of the molecule is Cn1nccc1-c1cccc(Nc2ccc(Cl)cc2)c1. The highest BCUT2D eigenvalue weighted by Crippen LogP contribution is 2.24. The molecule has 0 aliphatic rings. The molecule has 3 aromatic rings. The maximum atomic E-state index is 5.89. The van der Waals surface area contributed by atoms with E-state index in [4.69, 9.17) is 11.6 Å². The Labute approximate surface area is 122 Å². The smallest absolute Gasteiger partial charge is 0.0679 e. The van der Waals surface area contributed by atoms with Gasteiger partial charge in [-0.05, 0) is 42.5 Å². The highest BCUT2D eigenvalue weighted by atomic mass is 35.5. The summed E-state index contributed by atoms with van der Waals surface area (Å²) in [4.78, 5) is 0. The van der Waals surface area contributed by atoms with Gasteiger partial charge >= 0.3 is 0 Å². The van der Waals surface area contributed by atoms with E-state index in [2.05, 4.69) is 22.5 Å². The minimum absolute atomic E-state index is 0.735. The van der Waals surface area contributed by atoms with Gasteiger partial charge < -0.3 is 5.32 Å². The van der Waals surface area contributed by atoms with Crippen LogP contribution < -0.4 is 5.32 Å². The Bertz CT molecular complexity index is 717. The molecule has 0 atom stereocenters. The minimum Gasteiger partial charge on any atom is -0.356 e. The van der Waals surface area contributed by atoms with Gasteiger partial charge in [-0.25, -0.2) is 0 Å². The number of halogens is 1. The number of aryl methyl sites for hydroxylation is 1. The molecule has 3 nitrogen and oxygen atoms in total. The number of rotatable bonds is 3. The fourth-order valence-corrected chi connectivity index (χ4v) is 2.24. The number of benzene rings is 2. The second-order valence-corrected chi connectivity index (χ2v) is 4.99. The fraction of sp³-hybridized carbons (Fsp3) is 0.0625. The van der Waals surface area contributed by atoms with E-state index in [1.807, 2.05) is 54.2 Å². The molecule has 4 heteroatoms. The number of nitrogens with zero attached hydrogens (tertiary/aromatic N) is 2. The van der Waals surface area contributed by atoms with Crippen LogP contribution in [0.4, 0.5) is 11.4 Å². The van der Waals surface area contributed by atoms with Crippen molar-refractivity contribution in [3.63, 3.8) is 0 Å². The summed E-state index contributed by atoms with van der Waals surface area (Å²) in [5.41, 5.74) is 4.26. The Morgan fingerprint density at radius 3 is 2.50 bits per heavy atom. The molecule has 0 fully saturated rings. The molecule has 0 saturated heterocycles. The van der Waals surface area contributed by atoms with E-state index in [9.17, 15) is 0 Å². The third-order valence-electron chi connectivity index (χ3n) is 3.11. The topological polar surface area (TPSA) is 29.9 Å². The van der Waals surface area contributed by atoms with Gasteiger partial charge in [0.2, 0.25) is 0 Å². The van der Waals surface area contributed by atoms with E-state index in [1.54, 1.807) is 6.20 Å². The van der Waals surface area contributed by atoms with E-state index < -0.39 is 0 Å². The van der Waals surface area contributed by atoms with Crippen LogP contribution in [0.15, 0.2) is 60.8 Å². The Morgan fingerprint density at radius 1 is 1.00 bits per heavy atom. The zero-order valence-corrected chi connectivity index (χ0v) is 11.8. The maximum absolute atomic E-state index is 5.89. The van der Waals surface area contributed by atoms with Crippen molar-refractivity contribution in [3.05, 3.63) is 65.8 Å². The lowest BCUT2D eigenvalue weighted by Gasteiger charge is -2.09. The number of aromatic nitrogens is 2. The Kier molecular flexibility index (Phi) is 3.44. The van der Waals surface area contributed by atoms with Crippen molar-refractivity contribution < 1.29 is 0 Å². The molecule has 100 valence electrons. The molecule has 2 aromatic carbocycles. The molecule has 1 heterocycles. The lowest BCUT2D eigenvalue weighted by atomic mass is 10.1. The normalized spacial score (nSPS) is 10.5. The predicted octanol–water partition coefficient (Wildman–Crippen LogP) is 4.48. The summed E-state index contributed by atoms with van der Waals surface area (Å²) in [5, 5.41) is 8.30. The maximum Gasteiger partial charge on any atom is 0.0679 e. The molecule has 20 heavy (non-hydrogen) atoms. The number of hydrogen-bond donors (Lipinski definition) is 1. The zero-order valence-electron chi connectivity index (χ0n) is 11.0. The first-order valence-corrected chi connectivity index (χ1v) is 6.71. The molecule has 0 saturated carbocycles. The molecule has 0 radical (unpaired) electrons. The molecule has 0 amide bonds. The molecule has 3 rings (SSSR count). The van der Waals surface area contributed by atoms with Crippen molar-refractivity contribution in [1.82, 2.24) is 9.78 Å². The van der Waals surface area contributed by atoms with Crippen LogP contribution in [0.3, 0.4) is 0 Å². The summed E-state index contributed by atoms with van der Waals surface area (Å²) in [6.07, 6.45) is 1.80. The standard InChI is InChI=1S/C16H14ClN3/c1-20-16(9-10-18-20)12-3-2-4-15(11-12)19-14-7-5-13(17)6-8-14/h2-11,19H,1H3. The number of hydrogen-bond acceptors (Lipinski definition) is 2. The molecular weight excluding hydrogens is 270 g/mol. The summed E-state index contributed by atoms with van der Waals surface area (Å²) >= 11 is 5.89. The van der Waals surface area contributed by atoms with Gasteiger partial charge in [0.1, 0.15) is 0 Å². The van der Waals surface area contributed by atoms with Gasteiger partial charge in [-0.1, -0.05) is 23.7 Å². The first-order valence-electron chi connectivity index (χ1n) is 6.33. The van der Waals surface area contributed by atoms with Crippen molar-refractivity contribution in [1.29, 1.82) is 0 Å². The van der Waals surface area contributed by atoms with Crippen LogP contribution in [0, 0.1) is 0 Å². The van der Waals surface area contributed by atoms with Gasteiger partial charge in [-0.15, -0.1) is 0 Å². The summed E-state index contributed by atoms with van der Waals surface area (Å²) in [7, 11) is 1.94. The average Bonchev–Trinajstić information content (AvgIpc) is 2.88. The third kappa shape index (κ3) is 2.68.